The van der Waals surface area contributed by atoms with Gasteiger partial charge < -0.3 is 14.2 Å². The Morgan fingerprint density at radius 2 is 2.21 bits per heavy atom. The van der Waals surface area contributed by atoms with Crippen LogP contribution >= 0.6 is 11.3 Å². The first kappa shape index (κ1) is 18.5. The fourth-order valence-corrected chi connectivity index (χ4v) is 4.10. The minimum atomic E-state index is -0.542. The van der Waals surface area contributed by atoms with Gasteiger partial charge in [0.15, 0.2) is 23.1 Å². The molecule has 2 aromatic heterocycles. The van der Waals surface area contributed by atoms with E-state index in [-0.39, 0.29) is 24.4 Å². The summed E-state index contributed by atoms with van der Waals surface area (Å²) >= 11 is 1.37. The molecule has 8 heteroatoms. The molecule has 3 heterocycles. The summed E-state index contributed by atoms with van der Waals surface area (Å²) in [5, 5.41) is 1.86. The van der Waals surface area contributed by atoms with E-state index in [1.807, 2.05) is 38.3 Å². The largest absolute Gasteiger partial charge is 0.483 e. The normalized spacial score (nSPS) is 14.5. The molecule has 1 aliphatic rings. The number of aromatic nitrogens is 2. The van der Waals surface area contributed by atoms with Gasteiger partial charge in [0, 0.05) is 29.1 Å². The van der Waals surface area contributed by atoms with Crippen molar-refractivity contribution in [2.24, 2.45) is 0 Å². The fraction of sp³-hybridized carbons (Fsp3) is 0.350. The van der Waals surface area contributed by atoms with Gasteiger partial charge in [-0.05, 0) is 26.8 Å². The molecule has 3 aromatic rings. The van der Waals surface area contributed by atoms with Crippen molar-refractivity contribution in [1.29, 1.82) is 0 Å². The number of thiazole rings is 1. The highest BCUT2D eigenvalue weighted by molar-refractivity contribution is 7.15. The summed E-state index contributed by atoms with van der Waals surface area (Å²) in [5.41, 5.74) is 1.81. The molecular formula is C20H20N2O5S. The lowest BCUT2D eigenvalue weighted by atomic mass is 10.0. The Morgan fingerprint density at radius 1 is 1.39 bits per heavy atom. The molecule has 146 valence electrons. The lowest BCUT2D eigenvalue weighted by molar-refractivity contribution is -0.147. The molecule has 0 amide bonds. The van der Waals surface area contributed by atoms with Crippen LogP contribution in [0.4, 0.5) is 0 Å². The first-order valence-corrected chi connectivity index (χ1v) is 9.76. The maximum atomic E-state index is 12.1. The van der Waals surface area contributed by atoms with Gasteiger partial charge in [-0.25, -0.2) is 9.78 Å². The van der Waals surface area contributed by atoms with Crippen molar-refractivity contribution in [2.45, 2.75) is 39.4 Å². The average molecular weight is 400 g/mol. The number of nitrogens with zero attached hydrogens (tertiary/aromatic N) is 2. The Labute approximate surface area is 165 Å². The second kappa shape index (κ2) is 6.94. The number of carbonyl (C=O) groups is 1. The maximum absolute atomic E-state index is 12.1. The predicted molar refractivity (Wildman–Crippen MR) is 104 cm³/mol. The van der Waals surface area contributed by atoms with Crippen molar-refractivity contribution in [1.82, 2.24) is 9.38 Å². The van der Waals surface area contributed by atoms with Crippen molar-refractivity contribution < 1.29 is 19.0 Å². The quantitative estimate of drug-likeness (QED) is 0.613. The molecular weight excluding hydrogens is 380 g/mol. The van der Waals surface area contributed by atoms with Crippen LogP contribution in [0.2, 0.25) is 0 Å². The van der Waals surface area contributed by atoms with Gasteiger partial charge in [-0.1, -0.05) is 12.1 Å². The van der Waals surface area contributed by atoms with Crippen LogP contribution in [0.15, 0.2) is 34.4 Å². The summed E-state index contributed by atoms with van der Waals surface area (Å²) in [4.78, 5) is 29.2. The minimum absolute atomic E-state index is 0.0820. The minimum Gasteiger partial charge on any atom is -0.483 e. The molecule has 0 unspecified atom stereocenters. The number of fused-ring (bicyclic) bond motifs is 2. The smallest absolute Gasteiger partial charge is 0.344 e. The van der Waals surface area contributed by atoms with Crippen LogP contribution in [0, 0.1) is 6.92 Å². The van der Waals surface area contributed by atoms with E-state index in [9.17, 15) is 9.59 Å². The standard InChI is InChI=1S/C20H20N2O5S/c1-12-11-28-19-21-14(7-16(23)22(12)19)9-26-17(24)10-25-15-6-4-5-13-8-20(2,3)27-18(13)15/h4-7,11H,8-10H2,1-3H3. The van der Waals surface area contributed by atoms with Gasteiger partial charge in [-0.2, -0.15) is 0 Å². The number of benzene rings is 1. The molecule has 1 aliphatic heterocycles. The maximum Gasteiger partial charge on any atom is 0.344 e. The number of esters is 1. The number of hydrogen-bond donors (Lipinski definition) is 0. The van der Waals surface area contributed by atoms with E-state index < -0.39 is 5.97 Å². The summed E-state index contributed by atoms with van der Waals surface area (Å²) in [6.45, 7) is 5.52. The van der Waals surface area contributed by atoms with E-state index in [4.69, 9.17) is 14.2 Å². The molecule has 0 N–H and O–H groups in total. The Bertz CT molecular complexity index is 1120. The molecule has 0 aliphatic carbocycles. The summed E-state index contributed by atoms with van der Waals surface area (Å²) < 4.78 is 18.3. The van der Waals surface area contributed by atoms with Gasteiger partial charge in [-0.15, -0.1) is 11.3 Å². The van der Waals surface area contributed by atoms with E-state index in [1.165, 1.54) is 21.8 Å². The van der Waals surface area contributed by atoms with Crippen molar-refractivity contribution in [3.8, 4) is 11.5 Å². The zero-order valence-electron chi connectivity index (χ0n) is 15.9. The topological polar surface area (TPSA) is 79.1 Å². The highest BCUT2D eigenvalue weighted by Crippen LogP contribution is 2.41. The molecule has 0 saturated carbocycles. The van der Waals surface area contributed by atoms with Crippen molar-refractivity contribution in [3.05, 3.63) is 57.0 Å². The average Bonchev–Trinajstić information content (AvgIpc) is 3.16. The first-order valence-electron chi connectivity index (χ1n) is 8.88. The molecule has 0 bridgehead atoms. The van der Waals surface area contributed by atoms with Gasteiger partial charge in [0.25, 0.3) is 5.56 Å². The Morgan fingerprint density at radius 3 is 3.04 bits per heavy atom. The second-order valence-corrected chi connectivity index (χ2v) is 8.15. The highest BCUT2D eigenvalue weighted by atomic mass is 32.1. The van der Waals surface area contributed by atoms with Gasteiger partial charge >= 0.3 is 5.97 Å². The molecule has 28 heavy (non-hydrogen) atoms. The molecule has 0 saturated heterocycles. The number of ether oxygens (including phenoxy) is 3. The number of carbonyl (C=O) groups excluding carboxylic acids is 1. The molecule has 1 aromatic carbocycles. The zero-order chi connectivity index (χ0) is 19.9. The molecule has 0 radical (unpaired) electrons. The number of para-hydroxylation sites is 1. The van der Waals surface area contributed by atoms with Crippen molar-refractivity contribution in [2.75, 3.05) is 6.61 Å². The Balaban J connectivity index is 1.38. The summed E-state index contributed by atoms with van der Waals surface area (Å²) in [7, 11) is 0. The number of rotatable bonds is 5. The van der Waals surface area contributed by atoms with Crippen LogP contribution in [0.3, 0.4) is 0 Å². The third-order valence-electron chi connectivity index (χ3n) is 4.41. The summed E-state index contributed by atoms with van der Waals surface area (Å²) in [6, 6.07) is 7.01. The van der Waals surface area contributed by atoms with Crippen LogP contribution in [0.25, 0.3) is 4.96 Å². The monoisotopic (exact) mass is 400 g/mol. The third kappa shape index (κ3) is 3.60. The van der Waals surface area contributed by atoms with Crippen LogP contribution in [-0.4, -0.2) is 27.6 Å². The van der Waals surface area contributed by atoms with Gasteiger partial charge in [0.2, 0.25) is 0 Å². The molecule has 7 nitrogen and oxygen atoms in total. The number of hydrogen-bond acceptors (Lipinski definition) is 7. The summed E-state index contributed by atoms with van der Waals surface area (Å²) in [5.74, 6) is 0.652. The zero-order valence-corrected chi connectivity index (χ0v) is 16.7. The lowest BCUT2D eigenvalue weighted by Gasteiger charge is -2.18. The fourth-order valence-electron chi connectivity index (χ4n) is 3.21. The number of aryl methyl sites for hydroxylation is 1. The lowest BCUT2D eigenvalue weighted by Crippen LogP contribution is -2.25. The van der Waals surface area contributed by atoms with Crippen LogP contribution < -0.4 is 15.0 Å². The van der Waals surface area contributed by atoms with Gasteiger partial charge in [0.05, 0.1) is 5.69 Å². The molecule has 0 spiro atoms. The van der Waals surface area contributed by atoms with E-state index in [1.54, 1.807) is 6.07 Å². The van der Waals surface area contributed by atoms with E-state index in [0.29, 0.717) is 22.2 Å². The predicted octanol–water partition coefficient (Wildman–Crippen LogP) is 2.90. The van der Waals surface area contributed by atoms with Crippen molar-refractivity contribution >= 4 is 22.3 Å². The van der Waals surface area contributed by atoms with Crippen LogP contribution in [0.5, 0.6) is 11.5 Å². The van der Waals surface area contributed by atoms with Crippen LogP contribution in [-0.2, 0) is 22.6 Å². The third-order valence-corrected chi connectivity index (χ3v) is 5.35. The SMILES string of the molecule is Cc1csc2nc(COC(=O)COc3cccc4c3OC(C)(C)C4)cc(=O)n12. The molecule has 4 rings (SSSR count). The molecule has 0 atom stereocenters. The summed E-state index contributed by atoms with van der Waals surface area (Å²) in [6.07, 6.45) is 0.788. The van der Waals surface area contributed by atoms with Gasteiger partial charge in [-0.3, -0.25) is 9.20 Å². The van der Waals surface area contributed by atoms with E-state index in [2.05, 4.69) is 4.98 Å². The van der Waals surface area contributed by atoms with Crippen LogP contribution in [0.1, 0.15) is 30.8 Å². The van der Waals surface area contributed by atoms with Gasteiger partial charge in [0.1, 0.15) is 12.2 Å². The Hall–Kier alpha value is -2.87. The van der Waals surface area contributed by atoms with E-state index in [0.717, 1.165) is 17.7 Å². The molecule has 0 fully saturated rings. The first-order chi connectivity index (χ1) is 13.3. The second-order valence-electron chi connectivity index (χ2n) is 7.31. The Kier molecular flexibility index (Phi) is 4.58. The van der Waals surface area contributed by atoms with Crippen molar-refractivity contribution in [3.63, 3.8) is 0 Å². The highest BCUT2D eigenvalue weighted by Gasteiger charge is 2.32. The van der Waals surface area contributed by atoms with E-state index >= 15 is 0 Å².